The number of ether oxygens (including phenoxy) is 2. The van der Waals surface area contributed by atoms with Gasteiger partial charge in [0.25, 0.3) is 0 Å². The number of benzene rings is 1. The first-order valence-corrected chi connectivity index (χ1v) is 4.81. The molecule has 0 N–H and O–H groups in total. The van der Waals surface area contributed by atoms with Crippen LogP contribution in [-0.2, 0) is 0 Å². The molecule has 0 aliphatic heterocycles. The molecule has 83 valence electrons. The van der Waals surface area contributed by atoms with Crippen LogP contribution in [0.5, 0.6) is 11.5 Å². The molecular weight excluding hydrogens is 206 g/mol. The van der Waals surface area contributed by atoms with Crippen molar-refractivity contribution in [2.45, 2.75) is 6.92 Å². The highest BCUT2D eigenvalue weighted by molar-refractivity contribution is 5.59. The van der Waals surface area contributed by atoms with Crippen molar-refractivity contribution in [3.05, 3.63) is 30.2 Å². The Morgan fingerprint density at radius 1 is 1.12 bits per heavy atom. The van der Waals surface area contributed by atoms with E-state index in [1.54, 1.807) is 27.2 Å². The van der Waals surface area contributed by atoms with E-state index in [2.05, 4.69) is 11.2 Å². The van der Waals surface area contributed by atoms with E-state index in [-0.39, 0.29) is 0 Å². The fourth-order valence-electron chi connectivity index (χ4n) is 1.37. The molecule has 1 heterocycles. The Morgan fingerprint density at radius 3 is 2.19 bits per heavy atom. The highest BCUT2D eigenvalue weighted by Gasteiger charge is 2.08. The Hall–Kier alpha value is -1.97. The first-order chi connectivity index (χ1) is 7.72. The zero-order valence-electron chi connectivity index (χ0n) is 9.40. The van der Waals surface area contributed by atoms with E-state index in [1.807, 2.05) is 12.1 Å². The summed E-state index contributed by atoms with van der Waals surface area (Å²) in [6, 6.07) is 5.46. The Kier molecular flexibility index (Phi) is 2.81. The lowest BCUT2D eigenvalue weighted by atomic mass is 10.2. The summed E-state index contributed by atoms with van der Waals surface area (Å²) in [5.41, 5.74) is 0.806. The molecule has 0 saturated carbocycles. The standard InChI is InChI=1S/C12H12NO3/c1-8-7-13-12(16-8)9-4-10(14-2)6-11(5-9)15-3/h4-6H,1-3H3. The average molecular weight is 218 g/mol. The molecule has 0 amide bonds. The van der Waals surface area contributed by atoms with Gasteiger partial charge in [0, 0.05) is 11.6 Å². The quantitative estimate of drug-likeness (QED) is 0.793. The molecule has 1 aromatic carbocycles. The fraction of sp³-hybridized carbons (Fsp3) is 0.250. The molecule has 0 fully saturated rings. The van der Waals surface area contributed by atoms with E-state index in [0.29, 0.717) is 23.1 Å². The Labute approximate surface area is 93.8 Å². The van der Waals surface area contributed by atoms with Crippen LogP contribution >= 0.6 is 0 Å². The van der Waals surface area contributed by atoms with Crippen LogP contribution < -0.4 is 9.47 Å². The molecule has 0 saturated heterocycles. The van der Waals surface area contributed by atoms with E-state index >= 15 is 0 Å². The summed E-state index contributed by atoms with van der Waals surface area (Å²) in [6.45, 7) is 1.80. The molecule has 1 radical (unpaired) electrons. The normalized spacial score (nSPS) is 10.2. The molecule has 0 aliphatic rings. The third kappa shape index (κ3) is 2.00. The van der Waals surface area contributed by atoms with Crippen LogP contribution in [0.25, 0.3) is 11.5 Å². The molecular formula is C12H12NO3. The van der Waals surface area contributed by atoms with Crippen LogP contribution in [0.3, 0.4) is 0 Å². The number of hydrogen-bond donors (Lipinski definition) is 0. The topological polar surface area (TPSA) is 44.5 Å². The number of rotatable bonds is 3. The molecule has 16 heavy (non-hydrogen) atoms. The van der Waals surface area contributed by atoms with Gasteiger partial charge in [-0.15, -0.1) is 0 Å². The van der Waals surface area contributed by atoms with E-state index < -0.39 is 0 Å². The van der Waals surface area contributed by atoms with Gasteiger partial charge in [-0.2, -0.15) is 0 Å². The number of hydrogen-bond acceptors (Lipinski definition) is 4. The summed E-state index contributed by atoms with van der Waals surface area (Å²) < 4.78 is 15.7. The minimum Gasteiger partial charge on any atom is -0.497 e. The second kappa shape index (κ2) is 4.26. The first-order valence-electron chi connectivity index (χ1n) is 4.81. The largest absolute Gasteiger partial charge is 0.497 e. The van der Waals surface area contributed by atoms with E-state index in [0.717, 1.165) is 5.56 Å². The van der Waals surface area contributed by atoms with Crippen molar-refractivity contribution >= 4 is 0 Å². The predicted octanol–water partition coefficient (Wildman–Crippen LogP) is 2.47. The molecule has 0 spiro atoms. The third-order valence-corrected chi connectivity index (χ3v) is 2.16. The molecule has 0 atom stereocenters. The summed E-state index contributed by atoms with van der Waals surface area (Å²) in [5, 5.41) is 0. The number of methoxy groups -OCH3 is 2. The summed E-state index contributed by atoms with van der Waals surface area (Å²) in [7, 11) is 3.21. The van der Waals surface area contributed by atoms with Gasteiger partial charge in [0.2, 0.25) is 5.89 Å². The molecule has 0 aliphatic carbocycles. The molecule has 2 aromatic rings. The number of oxazole rings is 1. The van der Waals surface area contributed by atoms with Crippen molar-refractivity contribution in [2.75, 3.05) is 14.2 Å². The lowest BCUT2D eigenvalue weighted by Crippen LogP contribution is -1.88. The van der Waals surface area contributed by atoms with Crippen LogP contribution in [0.1, 0.15) is 5.76 Å². The average Bonchev–Trinajstić information content (AvgIpc) is 2.75. The summed E-state index contributed by atoms with van der Waals surface area (Å²) in [4.78, 5) is 4.03. The second-order valence-electron chi connectivity index (χ2n) is 3.29. The number of nitrogens with zero attached hydrogens (tertiary/aromatic N) is 1. The van der Waals surface area contributed by atoms with Crippen molar-refractivity contribution in [3.63, 3.8) is 0 Å². The van der Waals surface area contributed by atoms with Crippen molar-refractivity contribution < 1.29 is 13.9 Å². The van der Waals surface area contributed by atoms with E-state index in [1.165, 1.54) is 0 Å². The Bertz CT molecular complexity index is 469. The van der Waals surface area contributed by atoms with E-state index in [4.69, 9.17) is 13.9 Å². The van der Waals surface area contributed by atoms with Crippen molar-refractivity contribution in [1.82, 2.24) is 4.98 Å². The first kappa shape index (κ1) is 10.5. The zero-order valence-corrected chi connectivity index (χ0v) is 9.40. The monoisotopic (exact) mass is 218 g/mol. The van der Waals surface area contributed by atoms with Gasteiger partial charge in [0.05, 0.1) is 14.2 Å². The number of aryl methyl sites for hydroxylation is 1. The molecule has 4 heteroatoms. The molecule has 1 aromatic heterocycles. The summed E-state index contributed by atoms with van der Waals surface area (Å²) in [5.74, 6) is 2.56. The number of aromatic nitrogens is 1. The lowest BCUT2D eigenvalue weighted by molar-refractivity contribution is 0.394. The third-order valence-electron chi connectivity index (χ3n) is 2.16. The fourth-order valence-corrected chi connectivity index (χ4v) is 1.37. The zero-order chi connectivity index (χ0) is 11.5. The Balaban J connectivity index is 2.47. The van der Waals surface area contributed by atoms with Gasteiger partial charge in [0.15, 0.2) is 0 Å². The maximum Gasteiger partial charge on any atom is 0.227 e. The van der Waals surface area contributed by atoms with Gasteiger partial charge in [0.1, 0.15) is 23.5 Å². The minimum absolute atomic E-state index is 0.509. The van der Waals surface area contributed by atoms with Gasteiger partial charge < -0.3 is 13.9 Å². The van der Waals surface area contributed by atoms with Crippen LogP contribution in [-0.4, -0.2) is 19.2 Å². The van der Waals surface area contributed by atoms with Crippen molar-refractivity contribution in [3.8, 4) is 23.0 Å². The van der Waals surface area contributed by atoms with Crippen LogP contribution in [0.2, 0.25) is 0 Å². The van der Waals surface area contributed by atoms with Crippen LogP contribution in [0, 0.1) is 13.1 Å². The van der Waals surface area contributed by atoms with Crippen molar-refractivity contribution in [2.24, 2.45) is 0 Å². The smallest absolute Gasteiger partial charge is 0.227 e. The van der Waals surface area contributed by atoms with Gasteiger partial charge in [-0.3, -0.25) is 0 Å². The highest BCUT2D eigenvalue weighted by Crippen LogP contribution is 2.29. The van der Waals surface area contributed by atoms with Gasteiger partial charge in [-0.1, -0.05) is 0 Å². The van der Waals surface area contributed by atoms with Gasteiger partial charge in [-0.05, 0) is 19.1 Å². The molecule has 4 nitrogen and oxygen atoms in total. The Morgan fingerprint density at radius 2 is 1.75 bits per heavy atom. The van der Waals surface area contributed by atoms with Gasteiger partial charge >= 0.3 is 0 Å². The maximum absolute atomic E-state index is 5.39. The maximum atomic E-state index is 5.39. The summed E-state index contributed by atoms with van der Waals surface area (Å²) in [6.07, 6.45) is 2.74. The molecule has 0 unspecified atom stereocenters. The van der Waals surface area contributed by atoms with Crippen LogP contribution in [0.4, 0.5) is 0 Å². The van der Waals surface area contributed by atoms with Crippen LogP contribution in [0.15, 0.2) is 22.6 Å². The SMILES string of the molecule is COc1cc(OC)cc(-c2n[c]c(C)o2)c1. The minimum atomic E-state index is 0.509. The highest BCUT2D eigenvalue weighted by atomic mass is 16.5. The summed E-state index contributed by atoms with van der Waals surface area (Å²) >= 11 is 0. The second-order valence-corrected chi connectivity index (χ2v) is 3.29. The molecule has 2 rings (SSSR count). The van der Waals surface area contributed by atoms with E-state index in [9.17, 15) is 0 Å². The lowest BCUT2D eigenvalue weighted by Gasteiger charge is -2.05. The predicted molar refractivity (Wildman–Crippen MR) is 58.6 cm³/mol. The van der Waals surface area contributed by atoms with Gasteiger partial charge in [-0.25, -0.2) is 4.98 Å². The molecule has 0 bridgehead atoms. The van der Waals surface area contributed by atoms with Crippen molar-refractivity contribution in [1.29, 1.82) is 0 Å².